The third-order valence-electron chi connectivity index (χ3n) is 15.7. The first-order valence-corrected chi connectivity index (χ1v) is 24.4. The molecule has 17 nitrogen and oxygen atoms in total. The number of anilines is 5. The van der Waals surface area contributed by atoms with Gasteiger partial charge in [-0.3, -0.25) is 23.4 Å². The van der Waals surface area contributed by atoms with E-state index in [-0.39, 0.29) is 29.2 Å². The van der Waals surface area contributed by atoms with Crippen molar-refractivity contribution in [3.05, 3.63) is 143 Å². The van der Waals surface area contributed by atoms with Gasteiger partial charge in [0.15, 0.2) is 0 Å². The van der Waals surface area contributed by atoms with Crippen molar-refractivity contribution < 1.29 is 23.8 Å². The van der Waals surface area contributed by atoms with E-state index in [1.807, 2.05) is 57.7 Å². The Labute approximate surface area is 414 Å². The van der Waals surface area contributed by atoms with E-state index >= 15 is 0 Å². The molecule has 0 bridgehead atoms. The molecule has 1 aromatic carbocycles. The number of rotatable bonds is 11. The van der Waals surface area contributed by atoms with Crippen molar-refractivity contribution in [2.24, 2.45) is 5.92 Å². The molecule has 0 saturated carbocycles. The van der Waals surface area contributed by atoms with Crippen molar-refractivity contribution in [2.45, 2.75) is 69.8 Å². The summed E-state index contributed by atoms with van der Waals surface area (Å²) in [4.78, 5) is 55.2. The highest BCUT2D eigenvalue weighted by Gasteiger charge is 2.40. The molecule has 4 aliphatic heterocycles. The topological polar surface area (TPSA) is 191 Å². The zero-order valence-electron chi connectivity index (χ0n) is 40.4. The highest BCUT2D eigenvalue weighted by Crippen LogP contribution is 2.43. The molecule has 2 saturated heterocycles. The lowest BCUT2D eigenvalue weighted by molar-refractivity contribution is -0.0680. The monoisotopic (exact) mass is 967 g/mol. The van der Waals surface area contributed by atoms with E-state index in [1.165, 1.54) is 12.1 Å². The fourth-order valence-electron chi connectivity index (χ4n) is 11.0. The molecule has 2 amide bonds. The number of halogens is 1. The zero-order chi connectivity index (χ0) is 49.5. The van der Waals surface area contributed by atoms with Gasteiger partial charge in [0.1, 0.15) is 28.7 Å². The Kier molecular flexibility index (Phi) is 11.0. The first kappa shape index (κ1) is 45.3. The Morgan fingerprint density at radius 3 is 2.17 bits per heavy atom. The van der Waals surface area contributed by atoms with Gasteiger partial charge in [-0.1, -0.05) is 12.1 Å². The summed E-state index contributed by atoms with van der Waals surface area (Å²) in [5.74, 6) is 0.750. The van der Waals surface area contributed by atoms with Crippen LogP contribution in [0.3, 0.4) is 0 Å². The van der Waals surface area contributed by atoms with Crippen molar-refractivity contribution in [1.29, 1.82) is 0 Å². The van der Waals surface area contributed by atoms with Crippen LogP contribution in [-0.2, 0) is 23.4 Å². The van der Waals surface area contributed by atoms with E-state index < -0.39 is 5.60 Å². The summed E-state index contributed by atoms with van der Waals surface area (Å²) in [6, 6.07) is 18.7. The largest absolute Gasteiger partial charge is 0.385 e. The summed E-state index contributed by atoms with van der Waals surface area (Å²) < 4.78 is 23.3. The standard InChI is InChI=1S/C54H54FN13O4/c1-53(2,65(3)4)33-5-10-41(68(30-33)35-7-12-45(57-24-35)63-39-9-8-36(37-25-61-51(69)48(37)39)42-28-58-47-22-34(55)14-18-66(42)47)31-13-17-67-43(29-59-46(67)21-31)50-38-26-62-52(70)49(38)40(27-60-50)64-44-11-6-32(23-56-44)54(71)15-19-72-20-16-54/h6-9,11-14,17-18,21-24,27-29,33,41,71H,5,10,15-16,19-20,25-26,30H2,1-4H3,(H,56,64)(H,57,63)(H,61,69)(H,62,70). The number of aromatic nitrogens is 7. The molecule has 5 N–H and O–H groups in total. The first-order chi connectivity index (χ1) is 34.8. The number of aliphatic hydroxyl groups is 1. The molecule has 4 aliphatic rings. The van der Waals surface area contributed by atoms with Crippen LogP contribution < -0.4 is 26.2 Å². The Balaban J connectivity index is 0.817. The summed E-state index contributed by atoms with van der Waals surface area (Å²) in [6.45, 7) is 7.08. The second kappa shape index (κ2) is 17.5. The van der Waals surface area contributed by atoms with Gasteiger partial charge in [-0.05, 0) is 100 Å². The zero-order valence-corrected chi connectivity index (χ0v) is 40.4. The number of carbonyl (C=O) groups excluding carboxylic acids is 2. The third-order valence-corrected chi connectivity index (χ3v) is 15.7. The molecule has 11 heterocycles. The van der Waals surface area contributed by atoms with Crippen LogP contribution in [0.15, 0.2) is 104 Å². The van der Waals surface area contributed by atoms with Crippen molar-refractivity contribution in [3.8, 4) is 22.6 Å². The number of benzene rings is 1. The minimum Gasteiger partial charge on any atom is -0.385 e. The van der Waals surface area contributed by atoms with Crippen LogP contribution in [0.2, 0.25) is 0 Å². The second-order valence-corrected chi connectivity index (χ2v) is 20.0. The van der Waals surface area contributed by atoms with Crippen molar-refractivity contribution in [3.63, 3.8) is 0 Å². The fraction of sp³-hybridized carbons (Fsp3) is 0.315. The third kappa shape index (κ3) is 7.77. The van der Waals surface area contributed by atoms with Gasteiger partial charge in [0.05, 0.1) is 81.7 Å². The smallest absolute Gasteiger partial charge is 0.254 e. The number of ether oxygens (including phenoxy) is 1. The van der Waals surface area contributed by atoms with Gasteiger partial charge in [0, 0.05) is 92.6 Å². The summed E-state index contributed by atoms with van der Waals surface area (Å²) >= 11 is 0. The number of amides is 2. The van der Waals surface area contributed by atoms with Crippen molar-refractivity contribution in [1.82, 2.24) is 49.3 Å². The molecular formula is C54H54FN13O4. The number of imidazole rings is 2. The predicted octanol–water partition coefficient (Wildman–Crippen LogP) is 7.91. The number of piperidine rings is 1. The van der Waals surface area contributed by atoms with Gasteiger partial charge in [0.2, 0.25) is 0 Å². The first-order valence-electron chi connectivity index (χ1n) is 24.4. The quantitative estimate of drug-likeness (QED) is 0.0842. The number of nitrogens with one attached hydrogen (secondary N) is 4. The van der Waals surface area contributed by atoms with E-state index in [9.17, 15) is 19.1 Å². The van der Waals surface area contributed by atoms with Crippen LogP contribution in [-0.4, -0.2) is 94.9 Å². The van der Waals surface area contributed by atoms with Crippen LogP contribution in [0, 0.1) is 11.7 Å². The maximum Gasteiger partial charge on any atom is 0.254 e. The molecule has 0 radical (unpaired) electrons. The Hall–Kier alpha value is -7.80. The molecule has 7 aromatic heterocycles. The lowest BCUT2D eigenvalue weighted by atomic mass is 9.77. The van der Waals surface area contributed by atoms with Crippen molar-refractivity contribution in [2.75, 3.05) is 49.4 Å². The average Bonchev–Trinajstić information content (AvgIpc) is 4.20. The molecular weight excluding hydrogens is 914 g/mol. The average molecular weight is 968 g/mol. The number of hydrogen-bond donors (Lipinski definition) is 5. The maximum atomic E-state index is 14.0. The second-order valence-electron chi connectivity index (χ2n) is 20.0. The fourth-order valence-corrected chi connectivity index (χ4v) is 11.0. The lowest BCUT2D eigenvalue weighted by Crippen LogP contribution is -2.52. The van der Waals surface area contributed by atoms with E-state index in [4.69, 9.17) is 19.7 Å². The maximum absolute atomic E-state index is 14.0. The highest BCUT2D eigenvalue weighted by molar-refractivity contribution is 6.06. The summed E-state index contributed by atoms with van der Waals surface area (Å²) in [7, 11) is 4.28. The molecule has 366 valence electrons. The Morgan fingerprint density at radius 1 is 0.750 bits per heavy atom. The molecule has 0 aliphatic carbocycles. The number of carbonyl (C=O) groups is 2. The Bertz CT molecular complexity index is 3440. The SMILES string of the molecule is CN(C)C(C)(C)C1CCC(c2ccn3c(-c4ncc(Nc5ccc(C6(O)CCOCC6)cn5)c5c4CNC5=O)cnc3c2)N(c2ccc(Nc3ccc(-c4cnc5cc(F)ccn45)c4c3C(=O)NC4)nc2)C1. The van der Waals surface area contributed by atoms with Crippen LogP contribution >= 0.6 is 0 Å². The molecule has 2 atom stereocenters. The lowest BCUT2D eigenvalue weighted by Gasteiger charge is -2.49. The molecule has 0 spiro atoms. The molecule has 72 heavy (non-hydrogen) atoms. The van der Waals surface area contributed by atoms with Gasteiger partial charge in [-0.15, -0.1) is 0 Å². The molecule has 12 rings (SSSR count). The normalized spacial score (nSPS) is 18.6. The van der Waals surface area contributed by atoms with E-state index in [1.54, 1.807) is 24.8 Å². The Morgan fingerprint density at radius 2 is 1.43 bits per heavy atom. The van der Waals surface area contributed by atoms with E-state index in [2.05, 4.69) is 87.2 Å². The minimum atomic E-state index is -0.973. The highest BCUT2D eigenvalue weighted by atomic mass is 19.1. The summed E-state index contributed by atoms with van der Waals surface area (Å²) in [5, 5.41) is 23.9. The van der Waals surface area contributed by atoms with Crippen molar-refractivity contribution >= 4 is 51.8 Å². The molecule has 8 aromatic rings. The minimum absolute atomic E-state index is 0.0254. The number of pyridine rings is 5. The van der Waals surface area contributed by atoms with Crippen LogP contribution in [0.1, 0.15) is 88.5 Å². The van der Waals surface area contributed by atoms with Gasteiger partial charge < -0.3 is 40.9 Å². The van der Waals surface area contributed by atoms with Gasteiger partial charge in [0.25, 0.3) is 11.8 Å². The van der Waals surface area contributed by atoms with E-state index in [0.717, 1.165) is 69.9 Å². The van der Waals surface area contributed by atoms with Crippen LogP contribution in [0.4, 0.5) is 33.1 Å². The molecule has 2 unspecified atom stereocenters. The van der Waals surface area contributed by atoms with E-state index in [0.29, 0.717) is 90.5 Å². The molecule has 2 fully saturated rings. The predicted molar refractivity (Wildman–Crippen MR) is 271 cm³/mol. The summed E-state index contributed by atoms with van der Waals surface area (Å²) in [6.07, 6.45) is 15.4. The molecule has 18 heteroatoms. The number of fused-ring (bicyclic) bond motifs is 4. The van der Waals surface area contributed by atoms with Gasteiger partial charge in [-0.2, -0.15) is 0 Å². The van der Waals surface area contributed by atoms with Crippen LogP contribution in [0.5, 0.6) is 0 Å². The number of hydrogen-bond acceptors (Lipinski definition) is 13. The van der Waals surface area contributed by atoms with Crippen LogP contribution in [0.25, 0.3) is 33.9 Å². The number of nitrogens with zero attached hydrogens (tertiary/aromatic N) is 9. The van der Waals surface area contributed by atoms with Gasteiger partial charge >= 0.3 is 0 Å². The summed E-state index contributed by atoms with van der Waals surface area (Å²) in [5.41, 5.74) is 9.93. The van der Waals surface area contributed by atoms with Gasteiger partial charge in [-0.25, -0.2) is 24.3 Å².